The van der Waals surface area contributed by atoms with Crippen LogP contribution in [0, 0.1) is 13.8 Å². The monoisotopic (exact) mass is 346 g/mol. The highest BCUT2D eigenvalue weighted by molar-refractivity contribution is 7.17. The van der Waals surface area contributed by atoms with Gasteiger partial charge in [-0.3, -0.25) is 4.98 Å². The Labute approximate surface area is 150 Å². The van der Waals surface area contributed by atoms with Gasteiger partial charge in [0.25, 0.3) is 0 Å². The molecule has 1 aromatic carbocycles. The average molecular weight is 346 g/mol. The van der Waals surface area contributed by atoms with Gasteiger partial charge >= 0.3 is 0 Å². The van der Waals surface area contributed by atoms with Gasteiger partial charge in [-0.1, -0.05) is 23.8 Å². The Hall–Kier alpha value is -2.79. The maximum atomic E-state index is 4.50. The third kappa shape index (κ3) is 3.10. The number of anilines is 1. The van der Waals surface area contributed by atoms with Crippen LogP contribution < -0.4 is 5.32 Å². The smallest absolute Gasteiger partial charge is 0.139 e. The molecule has 0 atom stereocenters. The largest absolute Gasteiger partial charge is 0.365 e. The second kappa shape index (κ2) is 6.61. The van der Waals surface area contributed by atoms with E-state index in [1.807, 2.05) is 12.1 Å². The number of aromatic nitrogens is 3. The van der Waals surface area contributed by atoms with E-state index < -0.39 is 0 Å². The topological polar surface area (TPSA) is 50.7 Å². The third-order valence-electron chi connectivity index (χ3n) is 4.25. The minimum absolute atomic E-state index is 0.705. The van der Waals surface area contributed by atoms with E-state index in [-0.39, 0.29) is 0 Å². The molecule has 3 heterocycles. The SMILES string of the molecule is Cc1ccc(-c2csc3ncnc(NCc4ccncc4)c23)c(C)c1. The predicted octanol–water partition coefficient (Wildman–Crippen LogP) is 4.98. The van der Waals surface area contributed by atoms with Crippen LogP contribution in [0.1, 0.15) is 16.7 Å². The number of benzene rings is 1. The molecule has 0 radical (unpaired) electrons. The summed E-state index contributed by atoms with van der Waals surface area (Å²) in [5.74, 6) is 0.873. The van der Waals surface area contributed by atoms with Gasteiger partial charge in [0.05, 0.1) is 5.39 Å². The maximum absolute atomic E-state index is 4.50. The van der Waals surface area contributed by atoms with Crippen LogP contribution in [0.25, 0.3) is 21.3 Å². The molecule has 0 spiro atoms. The molecule has 124 valence electrons. The number of thiophene rings is 1. The van der Waals surface area contributed by atoms with E-state index in [2.05, 4.69) is 57.7 Å². The van der Waals surface area contributed by atoms with Crippen molar-refractivity contribution in [2.24, 2.45) is 0 Å². The lowest BCUT2D eigenvalue weighted by Gasteiger charge is -2.10. The summed E-state index contributed by atoms with van der Waals surface area (Å²) in [7, 11) is 0. The second-order valence-corrected chi connectivity index (χ2v) is 6.94. The molecule has 0 saturated heterocycles. The first-order chi connectivity index (χ1) is 12.2. The van der Waals surface area contributed by atoms with Crippen LogP contribution in [0.5, 0.6) is 0 Å². The lowest BCUT2D eigenvalue weighted by atomic mass is 9.99. The van der Waals surface area contributed by atoms with Gasteiger partial charge in [-0.05, 0) is 42.7 Å². The zero-order valence-electron chi connectivity index (χ0n) is 14.2. The number of nitrogens with one attached hydrogen (secondary N) is 1. The molecule has 0 aliphatic carbocycles. The first-order valence-electron chi connectivity index (χ1n) is 8.15. The van der Waals surface area contributed by atoms with Crippen LogP contribution >= 0.6 is 11.3 Å². The van der Waals surface area contributed by atoms with E-state index in [9.17, 15) is 0 Å². The summed E-state index contributed by atoms with van der Waals surface area (Å²) >= 11 is 1.66. The van der Waals surface area contributed by atoms with Crippen molar-refractivity contribution in [3.05, 3.63) is 71.1 Å². The zero-order valence-corrected chi connectivity index (χ0v) is 15.0. The Morgan fingerprint density at radius 3 is 2.64 bits per heavy atom. The van der Waals surface area contributed by atoms with Gasteiger partial charge in [0.1, 0.15) is 17.0 Å². The normalized spacial score (nSPS) is 11.0. The van der Waals surface area contributed by atoms with E-state index in [4.69, 9.17) is 0 Å². The lowest BCUT2D eigenvalue weighted by Crippen LogP contribution is -2.02. The molecular formula is C20H18N4S. The first-order valence-corrected chi connectivity index (χ1v) is 9.03. The fourth-order valence-electron chi connectivity index (χ4n) is 3.01. The summed E-state index contributed by atoms with van der Waals surface area (Å²) in [5.41, 5.74) is 6.13. The molecule has 5 heteroatoms. The molecule has 4 rings (SSSR count). The molecule has 0 unspecified atom stereocenters. The van der Waals surface area contributed by atoms with E-state index in [1.54, 1.807) is 30.1 Å². The summed E-state index contributed by atoms with van der Waals surface area (Å²) in [4.78, 5) is 14.0. The quantitative estimate of drug-likeness (QED) is 0.566. The molecule has 0 fully saturated rings. The van der Waals surface area contributed by atoms with Crippen molar-refractivity contribution >= 4 is 27.4 Å². The fraction of sp³-hybridized carbons (Fsp3) is 0.150. The summed E-state index contributed by atoms with van der Waals surface area (Å²) in [6.45, 7) is 4.98. The standard InChI is InChI=1S/C20H18N4S/c1-13-3-4-16(14(2)9-13)17-11-25-20-18(17)19(23-12-24-20)22-10-15-5-7-21-8-6-15/h3-9,11-12H,10H2,1-2H3,(H,22,23,24). The van der Waals surface area contributed by atoms with Crippen LogP contribution in [-0.4, -0.2) is 15.0 Å². The molecule has 4 nitrogen and oxygen atoms in total. The zero-order chi connectivity index (χ0) is 17.2. The minimum atomic E-state index is 0.705. The van der Waals surface area contributed by atoms with Crippen LogP contribution in [0.15, 0.2) is 54.4 Å². The Kier molecular flexibility index (Phi) is 4.15. The van der Waals surface area contributed by atoms with E-state index in [0.29, 0.717) is 6.54 Å². The predicted molar refractivity (Wildman–Crippen MR) is 104 cm³/mol. The van der Waals surface area contributed by atoms with Crippen molar-refractivity contribution < 1.29 is 0 Å². The number of hydrogen-bond acceptors (Lipinski definition) is 5. The van der Waals surface area contributed by atoms with Gasteiger partial charge < -0.3 is 5.32 Å². The number of pyridine rings is 1. The first kappa shape index (κ1) is 15.7. The summed E-state index contributed by atoms with van der Waals surface area (Å²) in [6, 6.07) is 10.6. The number of aryl methyl sites for hydroxylation is 2. The Bertz CT molecular complexity index is 1020. The van der Waals surface area contributed by atoms with Gasteiger partial charge in [-0.25, -0.2) is 9.97 Å². The fourth-order valence-corrected chi connectivity index (χ4v) is 3.92. The summed E-state index contributed by atoms with van der Waals surface area (Å²) < 4.78 is 0. The molecular weight excluding hydrogens is 328 g/mol. The van der Waals surface area contributed by atoms with Gasteiger partial charge in [-0.2, -0.15) is 0 Å². The van der Waals surface area contributed by atoms with Crippen LogP contribution in [0.3, 0.4) is 0 Å². The van der Waals surface area contributed by atoms with Crippen molar-refractivity contribution in [3.8, 4) is 11.1 Å². The van der Waals surface area contributed by atoms with Crippen molar-refractivity contribution in [2.45, 2.75) is 20.4 Å². The molecule has 0 aliphatic rings. The summed E-state index contributed by atoms with van der Waals surface area (Å²) in [6.07, 6.45) is 5.23. The van der Waals surface area contributed by atoms with Crippen molar-refractivity contribution in [1.82, 2.24) is 15.0 Å². The Morgan fingerprint density at radius 1 is 1.00 bits per heavy atom. The van der Waals surface area contributed by atoms with E-state index >= 15 is 0 Å². The third-order valence-corrected chi connectivity index (χ3v) is 5.14. The molecule has 0 amide bonds. The Morgan fingerprint density at radius 2 is 1.84 bits per heavy atom. The molecule has 4 aromatic rings. The molecule has 0 saturated carbocycles. The van der Waals surface area contributed by atoms with Gasteiger partial charge in [0.15, 0.2) is 0 Å². The van der Waals surface area contributed by atoms with E-state index in [0.717, 1.165) is 16.0 Å². The summed E-state index contributed by atoms with van der Waals surface area (Å²) in [5, 5.41) is 6.73. The lowest BCUT2D eigenvalue weighted by molar-refractivity contribution is 1.09. The van der Waals surface area contributed by atoms with Crippen LogP contribution in [0.2, 0.25) is 0 Å². The van der Waals surface area contributed by atoms with Crippen molar-refractivity contribution in [1.29, 1.82) is 0 Å². The molecule has 0 aliphatic heterocycles. The second-order valence-electron chi connectivity index (χ2n) is 6.08. The van der Waals surface area contributed by atoms with Crippen molar-refractivity contribution in [2.75, 3.05) is 5.32 Å². The van der Waals surface area contributed by atoms with Gasteiger partial charge in [0, 0.05) is 29.9 Å². The number of rotatable bonds is 4. The van der Waals surface area contributed by atoms with Crippen LogP contribution in [-0.2, 0) is 6.54 Å². The number of nitrogens with zero attached hydrogens (tertiary/aromatic N) is 3. The number of fused-ring (bicyclic) bond motifs is 1. The van der Waals surface area contributed by atoms with Gasteiger partial charge in [-0.15, -0.1) is 11.3 Å². The van der Waals surface area contributed by atoms with Crippen LogP contribution in [0.4, 0.5) is 5.82 Å². The van der Waals surface area contributed by atoms with E-state index in [1.165, 1.54) is 27.8 Å². The minimum Gasteiger partial charge on any atom is -0.365 e. The molecule has 0 bridgehead atoms. The average Bonchev–Trinajstić information content (AvgIpc) is 3.05. The maximum Gasteiger partial charge on any atom is 0.139 e. The molecule has 1 N–H and O–H groups in total. The number of hydrogen-bond donors (Lipinski definition) is 1. The molecule has 25 heavy (non-hydrogen) atoms. The highest BCUT2D eigenvalue weighted by Crippen LogP contribution is 2.38. The highest BCUT2D eigenvalue weighted by Gasteiger charge is 2.14. The van der Waals surface area contributed by atoms with Crippen molar-refractivity contribution in [3.63, 3.8) is 0 Å². The highest BCUT2D eigenvalue weighted by atomic mass is 32.1. The van der Waals surface area contributed by atoms with Gasteiger partial charge in [0.2, 0.25) is 0 Å². The Balaban J connectivity index is 1.76. The molecule has 3 aromatic heterocycles.